The van der Waals surface area contributed by atoms with Crippen LogP contribution in [-0.4, -0.2) is 66.8 Å². The van der Waals surface area contributed by atoms with E-state index in [2.05, 4.69) is 10.6 Å². The predicted molar refractivity (Wildman–Crippen MR) is 99.8 cm³/mol. The van der Waals surface area contributed by atoms with Crippen molar-refractivity contribution in [2.75, 3.05) is 20.6 Å². The van der Waals surface area contributed by atoms with Crippen LogP contribution in [0.15, 0.2) is 0 Å². The van der Waals surface area contributed by atoms with Crippen LogP contribution in [0.25, 0.3) is 0 Å². The SMILES string of the molecule is C[C@H](NCC[C@H](NC(=O)OC(C)(C)C)C(=O)N(C)C)C(=O)OC(C)(C)C. The Morgan fingerprint density at radius 1 is 0.962 bits per heavy atom. The lowest BCUT2D eigenvalue weighted by Crippen LogP contribution is -2.49. The van der Waals surface area contributed by atoms with Crippen LogP contribution in [0.3, 0.4) is 0 Å². The van der Waals surface area contributed by atoms with Gasteiger partial charge in [0.05, 0.1) is 0 Å². The normalized spacial score (nSPS) is 14.2. The van der Waals surface area contributed by atoms with E-state index in [1.54, 1.807) is 62.6 Å². The van der Waals surface area contributed by atoms with Crippen LogP contribution in [0.5, 0.6) is 0 Å². The van der Waals surface area contributed by atoms with Crippen molar-refractivity contribution in [1.29, 1.82) is 0 Å². The van der Waals surface area contributed by atoms with E-state index < -0.39 is 29.4 Å². The standard InChI is InChI=1S/C18H35N3O5/c1-12(15(23)25-17(2,3)4)19-11-10-13(14(22)21(8)9)20-16(24)26-18(5,6)7/h12-13,19H,10-11H2,1-9H3,(H,20,24)/t12-,13-/m0/s1. The highest BCUT2D eigenvalue weighted by Crippen LogP contribution is 2.09. The summed E-state index contributed by atoms with van der Waals surface area (Å²) in [5.41, 5.74) is -1.21. The number of amides is 2. The second-order valence-electron chi connectivity index (χ2n) is 8.43. The monoisotopic (exact) mass is 373 g/mol. The highest BCUT2D eigenvalue weighted by atomic mass is 16.6. The molecule has 152 valence electrons. The fourth-order valence-electron chi connectivity index (χ4n) is 1.94. The van der Waals surface area contributed by atoms with Crippen LogP contribution in [-0.2, 0) is 19.1 Å². The van der Waals surface area contributed by atoms with Gasteiger partial charge in [-0.05, 0) is 61.4 Å². The van der Waals surface area contributed by atoms with E-state index in [0.29, 0.717) is 13.0 Å². The first-order chi connectivity index (χ1) is 11.6. The number of nitrogens with zero attached hydrogens (tertiary/aromatic N) is 1. The molecule has 8 nitrogen and oxygen atoms in total. The van der Waals surface area contributed by atoms with Crippen molar-refractivity contribution in [2.45, 2.75) is 78.2 Å². The number of carbonyl (C=O) groups is 3. The molecule has 26 heavy (non-hydrogen) atoms. The van der Waals surface area contributed by atoms with E-state index in [1.807, 2.05) is 0 Å². The van der Waals surface area contributed by atoms with Gasteiger partial charge in [-0.15, -0.1) is 0 Å². The molecule has 0 bridgehead atoms. The lowest BCUT2D eigenvalue weighted by atomic mass is 10.1. The maximum atomic E-state index is 12.3. The Kier molecular flexibility index (Phi) is 9.07. The number of carbonyl (C=O) groups excluding carboxylic acids is 3. The molecule has 0 spiro atoms. The minimum atomic E-state index is -0.752. The highest BCUT2D eigenvalue weighted by molar-refractivity contribution is 5.85. The zero-order valence-corrected chi connectivity index (χ0v) is 17.6. The van der Waals surface area contributed by atoms with Crippen molar-refractivity contribution in [3.8, 4) is 0 Å². The molecule has 0 aliphatic rings. The summed E-state index contributed by atoms with van der Waals surface area (Å²) in [6, 6.07) is -1.27. The van der Waals surface area contributed by atoms with E-state index in [4.69, 9.17) is 9.47 Å². The van der Waals surface area contributed by atoms with Crippen LogP contribution in [0.2, 0.25) is 0 Å². The van der Waals surface area contributed by atoms with Crippen LogP contribution >= 0.6 is 0 Å². The molecule has 0 rings (SSSR count). The topological polar surface area (TPSA) is 97.0 Å². The van der Waals surface area contributed by atoms with E-state index >= 15 is 0 Å². The van der Waals surface area contributed by atoms with Crippen LogP contribution in [0, 0.1) is 0 Å². The summed E-state index contributed by atoms with van der Waals surface area (Å²) < 4.78 is 10.5. The molecule has 0 saturated carbocycles. The van der Waals surface area contributed by atoms with Crippen LogP contribution in [0.1, 0.15) is 54.9 Å². The molecule has 2 amide bonds. The number of hydrogen-bond donors (Lipinski definition) is 2. The summed E-state index contributed by atoms with van der Waals surface area (Å²) in [7, 11) is 3.23. The van der Waals surface area contributed by atoms with Gasteiger partial charge in [0.25, 0.3) is 0 Å². The van der Waals surface area contributed by atoms with E-state index in [0.717, 1.165) is 0 Å². The quantitative estimate of drug-likeness (QED) is 0.659. The summed E-state index contributed by atoms with van der Waals surface area (Å²) in [6.45, 7) is 12.7. The largest absolute Gasteiger partial charge is 0.459 e. The Balaban J connectivity index is 4.68. The summed E-state index contributed by atoms with van der Waals surface area (Å²) in [5.74, 6) is -0.615. The van der Waals surface area contributed by atoms with E-state index in [1.165, 1.54) is 4.90 Å². The van der Waals surface area contributed by atoms with Crippen molar-refractivity contribution >= 4 is 18.0 Å². The van der Waals surface area contributed by atoms with Gasteiger partial charge in [0.2, 0.25) is 5.91 Å². The molecule has 8 heteroatoms. The lowest BCUT2D eigenvalue weighted by molar-refractivity contribution is -0.156. The second-order valence-corrected chi connectivity index (χ2v) is 8.43. The molecule has 2 atom stereocenters. The molecule has 0 aromatic carbocycles. The number of alkyl carbamates (subject to hydrolysis) is 1. The Bertz CT molecular complexity index is 492. The minimum absolute atomic E-state index is 0.248. The van der Waals surface area contributed by atoms with E-state index in [-0.39, 0.29) is 11.9 Å². The predicted octanol–water partition coefficient (Wildman–Crippen LogP) is 1.68. The number of esters is 1. The van der Waals surface area contributed by atoms with Crippen LogP contribution in [0.4, 0.5) is 4.79 Å². The minimum Gasteiger partial charge on any atom is -0.459 e. The molecule has 0 aliphatic carbocycles. The van der Waals surface area contributed by atoms with Crippen molar-refractivity contribution in [1.82, 2.24) is 15.5 Å². The smallest absolute Gasteiger partial charge is 0.408 e. The highest BCUT2D eigenvalue weighted by Gasteiger charge is 2.26. The molecule has 0 aromatic heterocycles. The van der Waals surface area contributed by atoms with Gasteiger partial charge in [0, 0.05) is 14.1 Å². The summed E-state index contributed by atoms with van der Waals surface area (Å²) in [6.07, 6.45) is -0.346. The number of likely N-dealkylation sites (N-methyl/N-ethyl adjacent to an activating group) is 1. The molecule has 0 radical (unpaired) electrons. The Labute approximate surface area is 157 Å². The van der Waals surface area contributed by atoms with Crippen LogP contribution < -0.4 is 10.6 Å². The first-order valence-corrected chi connectivity index (χ1v) is 8.79. The second kappa shape index (κ2) is 9.75. The third kappa shape index (κ3) is 10.9. The van der Waals surface area contributed by atoms with Gasteiger partial charge < -0.3 is 25.0 Å². The maximum Gasteiger partial charge on any atom is 0.408 e. The van der Waals surface area contributed by atoms with Crippen molar-refractivity contribution in [3.63, 3.8) is 0 Å². The van der Waals surface area contributed by atoms with Crippen molar-refractivity contribution < 1.29 is 23.9 Å². The van der Waals surface area contributed by atoms with Crippen molar-refractivity contribution in [2.24, 2.45) is 0 Å². The molecule has 0 fully saturated rings. The van der Waals surface area contributed by atoms with Gasteiger partial charge in [-0.3, -0.25) is 9.59 Å². The molecule has 0 unspecified atom stereocenters. The molecule has 0 aliphatic heterocycles. The summed E-state index contributed by atoms with van der Waals surface area (Å²) in [4.78, 5) is 37.6. The van der Waals surface area contributed by atoms with Gasteiger partial charge in [0.15, 0.2) is 0 Å². The number of rotatable bonds is 7. The number of ether oxygens (including phenoxy) is 2. The fourth-order valence-corrected chi connectivity index (χ4v) is 1.94. The molecule has 0 heterocycles. The summed E-state index contributed by atoms with van der Waals surface area (Å²) in [5, 5.41) is 5.60. The van der Waals surface area contributed by atoms with E-state index in [9.17, 15) is 14.4 Å². The molecular weight excluding hydrogens is 338 g/mol. The maximum absolute atomic E-state index is 12.3. The Morgan fingerprint density at radius 3 is 1.88 bits per heavy atom. The van der Waals surface area contributed by atoms with Gasteiger partial charge in [0.1, 0.15) is 23.3 Å². The lowest BCUT2D eigenvalue weighted by Gasteiger charge is -2.26. The zero-order chi connectivity index (χ0) is 20.7. The fraction of sp³-hybridized carbons (Fsp3) is 0.833. The Morgan fingerprint density at radius 2 is 1.46 bits per heavy atom. The third-order valence-electron chi connectivity index (χ3n) is 3.07. The molecule has 0 aromatic rings. The zero-order valence-electron chi connectivity index (χ0n) is 17.6. The number of nitrogens with one attached hydrogen (secondary N) is 2. The average molecular weight is 373 g/mol. The average Bonchev–Trinajstić information content (AvgIpc) is 2.41. The van der Waals surface area contributed by atoms with Gasteiger partial charge in [-0.1, -0.05) is 0 Å². The van der Waals surface area contributed by atoms with Gasteiger partial charge in [-0.25, -0.2) is 4.79 Å². The Hall–Kier alpha value is -1.83. The molecule has 2 N–H and O–H groups in total. The van der Waals surface area contributed by atoms with Crippen molar-refractivity contribution in [3.05, 3.63) is 0 Å². The first-order valence-electron chi connectivity index (χ1n) is 8.79. The first kappa shape index (κ1) is 24.2. The summed E-state index contributed by atoms with van der Waals surface area (Å²) >= 11 is 0. The van der Waals surface area contributed by atoms with Gasteiger partial charge >= 0.3 is 12.1 Å². The third-order valence-corrected chi connectivity index (χ3v) is 3.07. The molecular formula is C18H35N3O5. The number of hydrogen-bond acceptors (Lipinski definition) is 6. The van der Waals surface area contributed by atoms with Gasteiger partial charge in [-0.2, -0.15) is 0 Å². The molecule has 0 saturated heterocycles.